The third-order valence-corrected chi connectivity index (χ3v) is 6.69. The van der Waals surface area contributed by atoms with Crippen LogP contribution in [0.15, 0.2) is 65.5 Å². The lowest BCUT2D eigenvalue weighted by Gasteiger charge is -2.32. The number of para-hydroxylation sites is 2. The van der Waals surface area contributed by atoms with Crippen LogP contribution in [-0.2, 0) is 6.54 Å². The number of fused-ring (bicyclic) bond motifs is 2. The molecule has 0 spiro atoms. The number of carbonyl (C=O) groups excluding carboxylic acids is 1. The van der Waals surface area contributed by atoms with E-state index in [1.165, 1.54) is 0 Å². The lowest BCUT2D eigenvalue weighted by molar-refractivity contribution is 0.0685. The standard InChI is InChI=1S/C27H30N4O3/c1-3-5-15-30-22-11-8-12-25(34-4-2)20(22)18-24(30)26(32)29-16-13-19(14-17-29)31-23-10-7-6-9-21(23)28-27(31)33/h3,5-12,18-19H,4,13-17H2,1-2H3,(H,28,33)/b5-3-. The SMILES string of the molecule is C/C=C\Cn1c(C(=O)N2CCC(n3c(=O)[nH]c4ccccc43)CC2)cc2c(OCC)cccc21. The molecule has 1 aliphatic heterocycles. The summed E-state index contributed by atoms with van der Waals surface area (Å²) in [5, 5.41) is 0.956. The number of aromatic nitrogens is 3. The summed E-state index contributed by atoms with van der Waals surface area (Å²) in [4.78, 5) is 31.1. The number of ether oxygens (including phenoxy) is 1. The van der Waals surface area contributed by atoms with Crippen molar-refractivity contribution >= 4 is 27.8 Å². The highest BCUT2D eigenvalue weighted by molar-refractivity contribution is 6.00. The van der Waals surface area contributed by atoms with Gasteiger partial charge in [0.05, 0.1) is 23.2 Å². The van der Waals surface area contributed by atoms with Crippen molar-refractivity contribution in [2.24, 2.45) is 0 Å². The van der Waals surface area contributed by atoms with Gasteiger partial charge in [0.15, 0.2) is 0 Å². The van der Waals surface area contributed by atoms with Gasteiger partial charge >= 0.3 is 5.69 Å². The Bertz CT molecular complexity index is 1420. The predicted molar refractivity (Wildman–Crippen MR) is 135 cm³/mol. The number of hydrogen-bond acceptors (Lipinski definition) is 3. The Morgan fingerprint density at radius 1 is 1.12 bits per heavy atom. The van der Waals surface area contributed by atoms with Crippen molar-refractivity contribution in [3.05, 3.63) is 76.9 Å². The lowest BCUT2D eigenvalue weighted by Crippen LogP contribution is -2.41. The zero-order valence-corrected chi connectivity index (χ0v) is 19.7. The van der Waals surface area contributed by atoms with Crippen LogP contribution in [0.1, 0.15) is 43.2 Å². The summed E-state index contributed by atoms with van der Waals surface area (Å²) in [5.74, 6) is 0.818. The molecule has 176 valence electrons. The highest BCUT2D eigenvalue weighted by atomic mass is 16.5. The van der Waals surface area contributed by atoms with Gasteiger partial charge in [-0.2, -0.15) is 0 Å². The summed E-state index contributed by atoms with van der Waals surface area (Å²) < 4.78 is 9.75. The van der Waals surface area contributed by atoms with E-state index in [9.17, 15) is 9.59 Å². The minimum absolute atomic E-state index is 0.0212. The predicted octanol–water partition coefficient (Wildman–Crippen LogP) is 4.74. The number of benzene rings is 2. The molecule has 4 aromatic rings. The number of rotatable bonds is 6. The van der Waals surface area contributed by atoms with E-state index in [-0.39, 0.29) is 17.6 Å². The molecular formula is C27H30N4O3. The molecule has 1 amide bonds. The Hall–Kier alpha value is -3.74. The molecule has 34 heavy (non-hydrogen) atoms. The quantitative estimate of drug-likeness (QED) is 0.424. The van der Waals surface area contributed by atoms with Crippen molar-refractivity contribution in [3.63, 3.8) is 0 Å². The van der Waals surface area contributed by atoms with Crippen LogP contribution in [-0.4, -0.2) is 44.6 Å². The Morgan fingerprint density at radius 3 is 2.65 bits per heavy atom. The monoisotopic (exact) mass is 458 g/mol. The molecule has 1 N–H and O–H groups in total. The fourth-order valence-electron chi connectivity index (χ4n) is 5.05. The van der Waals surface area contributed by atoms with E-state index in [0.29, 0.717) is 31.9 Å². The average Bonchev–Trinajstić information content (AvgIpc) is 3.40. The van der Waals surface area contributed by atoms with Crippen molar-refractivity contribution in [1.29, 1.82) is 0 Å². The molecule has 7 heteroatoms. The van der Waals surface area contributed by atoms with Crippen LogP contribution in [0.2, 0.25) is 0 Å². The number of piperidine rings is 1. The smallest absolute Gasteiger partial charge is 0.326 e. The molecule has 2 aromatic heterocycles. The molecule has 0 saturated carbocycles. The molecule has 3 heterocycles. The zero-order chi connectivity index (χ0) is 23.7. The maximum atomic E-state index is 13.7. The van der Waals surface area contributed by atoms with Gasteiger partial charge in [-0.25, -0.2) is 4.79 Å². The molecule has 0 atom stereocenters. The van der Waals surface area contributed by atoms with Crippen molar-refractivity contribution in [2.45, 2.75) is 39.3 Å². The minimum atomic E-state index is -0.0825. The normalized spacial score (nSPS) is 15.1. The molecule has 0 aliphatic carbocycles. The number of H-pyrrole nitrogens is 1. The topological polar surface area (TPSA) is 72.3 Å². The summed E-state index contributed by atoms with van der Waals surface area (Å²) >= 11 is 0. The Balaban J connectivity index is 1.42. The molecule has 0 radical (unpaired) electrons. The lowest BCUT2D eigenvalue weighted by atomic mass is 10.0. The number of nitrogens with zero attached hydrogens (tertiary/aromatic N) is 3. The van der Waals surface area contributed by atoms with Gasteiger partial charge in [-0.1, -0.05) is 30.4 Å². The summed E-state index contributed by atoms with van der Waals surface area (Å²) in [6, 6.07) is 15.8. The Morgan fingerprint density at radius 2 is 1.88 bits per heavy atom. The van der Waals surface area contributed by atoms with Gasteiger partial charge in [-0.15, -0.1) is 0 Å². The van der Waals surface area contributed by atoms with Gasteiger partial charge < -0.3 is 19.2 Å². The first-order valence-electron chi connectivity index (χ1n) is 12.0. The Kier molecular flexibility index (Phi) is 6.01. The van der Waals surface area contributed by atoms with E-state index < -0.39 is 0 Å². The van der Waals surface area contributed by atoms with E-state index in [4.69, 9.17) is 4.74 Å². The first-order chi connectivity index (χ1) is 16.6. The number of imidazole rings is 1. The van der Waals surface area contributed by atoms with E-state index in [1.807, 2.05) is 77.9 Å². The van der Waals surface area contributed by atoms with E-state index in [2.05, 4.69) is 15.6 Å². The van der Waals surface area contributed by atoms with E-state index in [0.717, 1.165) is 40.5 Å². The number of carbonyl (C=O) groups is 1. The van der Waals surface area contributed by atoms with E-state index in [1.54, 1.807) is 0 Å². The molecular weight excluding hydrogens is 428 g/mol. The summed E-state index contributed by atoms with van der Waals surface area (Å²) in [7, 11) is 0. The third kappa shape index (κ3) is 3.81. The number of nitrogens with one attached hydrogen (secondary N) is 1. The number of aromatic amines is 1. The number of hydrogen-bond donors (Lipinski definition) is 1. The minimum Gasteiger partial charge on any atom is -0.493 e. The first-order valence-corrected chi connectivity index (χ1v) is 12.0. The highest BCUT2D eigenvalue weighted by Crippen LogP contribution is 2.31. The van der Waals surface area contributed by atoms with Gasteiger partial charge in [0.2, 0.25) is 0 Å². The van der Waals surface area contributed by atoms with Crippen molar-refractivity contribution in [2.75, 3.05) is 19.7 Å². The van der Waals surface area contributed by atoms with Gasteiger partial charge in [-0.05, 0) is 57.0 Å². The molecule has 0 unspecified atom stereocenters. The number of allylic oxidation sites excluding steroid dienone is 2. The summed E-state index contributed by atoms with van der Waals surface area (Å²) in [6.07, 6.45) is 5.54. The fourth-order valence-corrected chi connectivity index (χ4v) is 5.05. The summed E-state index contributed by atoms with van der Waals surface area (Å²) in [5.41, 5.74) is 3.35. The van der Waals surface area contributed by atoms with Gasteiger partial charge in [-0.3, -0.25) is 9.36 Å². The van der Waals surface area contributed by atoms with Crippen LogP contribution in [0, 0.1) is 0 Å². The van der Waals surface area contributed by atoms with Crippen molar-refractivity contribution in [3.8, 4) is 5.75 Å². The van der Waals surface area contributed by atoms with Crippen LogP contribution in [0.4, 0.5) is 0 Å². The second kappa shape index (κ2) is 9.25. The van der Waals surface area contributed by atoms with Crippen LogP contribution in [0.25, 0.3) is 21.9 Å². The van der Waals surface area contributed by atoms with Crippen LogP contribution < -0.4 is 10.4 Å². The van der Waals surface area contributed by atoms with Crippen molar-refractivity contribution < 1.29 is 9.53 Å². The largest absolute Gasteiger partial charge is 0.493 e. The van der Waals surface area contributed by atoms with E-state index >= 15 is 0 Å². The third-order valence-electron chi connectivity index (χ3n) is 6.69. The fraction of sp³-hybridized carbons (Fsp3) is 0.333. The number of likely N-dealkylation sites (tertiary alicyclic amines) is 1. The van der Waals surface area contributed by atoms with Gasteiger partial charge in [0.1, 0.15) is 11.4 Å². The van der Waals surface area contributed by atoms with Crippen LogP contribution in [0.5, 0.6) is 5.75 Å². The summed E-state index contributed by atoms with van der Waals surface area (Å²) in [6.45, 7) is 6.36. The molecule has 1 aliphatic rings. The molecule has 0 bridgehead atoms. The van der Waals surface area contributed by atoms with Crippen LogP contribution >= 0.6 is 0 Å². The highest BCUT2D eigenvalue weighted by Gasteiger charge is 2.28. The van der Waals surface area contributed by atoms with Crippen molar-refractivity contribution in [1.82, 2.24) is 19.0 Å². The molecule has 1 saturated heterocycles. The molecule has 1 fully saturated rings. The Labute approximate surface area is 198 Å². The molecule has 7 nitrogen and oxygen atoms in total. The average molecular weight is 459 g/mol. The second-order valence-corrected chi connectivity index (χ2v) is 8.67. The number of amides is 1. The maximum Gasteiger partial charge on any atom is 0.326 e. The second-order valence-electron chi connectivity index (χ2n) is 8.67. The van der Waals surface area contributed by atoms with Crippen LogP contribution in [0.3, 0.4) is 0 Å². The molecule has 2 aromatic carbocycles. The first kappa shape index (κ1) is 22.1. The van der Waals surface area contributed by atoms with Gasteiger partial charge in [0, 0.05) is 31.1 Å². The zero-order valence-electron chi connectivity index (χ0n) is 19.7. The molecule has 5 rings (SSSR count). The maximum absolute atomic E-state index is 13.7. The van der Waals surface area contributed by atoms with Gasteiger partial charge in [0.25, 0.3) is 5.91 Å².